The molecule has 1 aliphatic carbocycles. The number of hydrogen-bond donors (Lipinski definition) is 1. The van der Waals surface area contributed by atoms with Crippen LogP contribution in [0.25, 0.3) is 0 Å². The first-order chi connectivity index (χ1) is 8.27. The lowest BCUT2D eigenvalue weighted by Gasteiger charge is -2.27. The highest BCUT2D eigenvalue weighted by atomic mass is 16.5. The van der Waals surface area contributed by atoms with Crippen LogP contribution in [-0.2, 0) is 9.53 Å². The van der Waals surface area contributed by atoms with Crippen LogP contribution in [0.15, 0.2) is 0 Å². The largest absolute Gasteiger partial charge is 0.383 e. The fourth-order valence-corrected chi connectivity index (χ4v) is 2.63. The summed E-state index contributed by atoms with van der Waals surface area (Å²) in [6.45, 7) is 3.50. The summed E-state index contributed by atoms with van der Waals surface area (Å²) in [6, 6.07) is 0. The third kappa shape index (κ3) is 5.53. The summed E-state index contributed by atoms with van der Waals surface area (Å²) in [5.41, 5.74) is 0. The van der Waals surface area contributed by atoms with Gasteiger partial charge in [-0.1, -0.05) is 26.2 Å². The van der Waals surface area contributed by atoms with E-state index in [2.05, 4.69) is 12.2 Å². The van der Waals surface area contributed by atoms with E-state index in [1.807, 2.05) is 0 Å². The van der Waals surface area contributed by atoms with Gasteiger partial charge in [0.15, 0.2) is 0 Å². The Bertz CT molecular complexity index is 210. The van der Waals surface area contributed by atoms with Crippen LogP contribution < -0.4 is 5.32 Å². The highest BCUT2D eigenvalue weighted by Gasteiger charge is 2.25. The van der Waals surface area contributed by atoms with Crippen LogP contribution in [0.2, 0.25) is 0 Å². The van der Waals surface area contributed by atoms with E-state index in [1.165, 1.54) is 32.1 Å². The molecule has 0 aliphatic heterocycles. The molecule has 0 bridgehead atoms. The van der Waals surface area contributed by atoms with Gasteiger partial charge in [-0.15, -0.1) is 0 Å². The molecule has 0 unspecified atom stereocenters. The number of hydrogen-bond acceptors (Lipinski definition) is 2. The van der Waals surface area contributed by atoms with Gasteiger partial charge in [0, 0.05) is 19.6 Å². The van der Waals surface area contributed by atoms with E-state index in [0.717, 1.165) is 18.8 Å². The van der Waals surface area contributed by atoms with E-state index >= 15 is 0 Å². The monoisotopic (exact) mass is 241 g/mol. The number of rotatable bonds is 7. The topological polar surface area (TPSA) is 38.3 Å². The zero-order chi connectivity index (χ0) is 12.5. The van der Waals surface area contributed by atoms with Crippen LogP contribution >= 0.6 is 0 Å². The van der Waals surface area contributed by atoms with Crippen molar-refractivity contribution in [1.29, 1.82) is 0 Å². The van der Waals surface area contributed by atoms with Gasteiger partial charge >= 0.3 is 0 Å². The standard InChI is InChI=1S/C14H27NO2/c1-3-4-5-12-6-8-13(9-7-12)14(16)15-10-11-17-2/h12-13H,3-11H2,1-2H3,(H,15,16). The molecule has 0 atom stereocenters. The van der Waals surface area contributed by atoms with E-state index in [-0.39, 0.29) is 11.8 Å². The summed E-state index contributed by atoms with van der Waals surface area (Å²) in [5.74, 6) is 1.36. The van der Waals surface area contributed by atoms with E-state index in [9.17, 15) is 4.79 Å². The summed E-state index contributed by atoms with van der Waals surface area (Å²) < 4.78 is 4.93. The highest BCUT2D eigenvalue weighted by Crippen LogP contribution is 2.31. The Labute approximate surface area is 105 Å². The number of methoxy groups -OCH3 is 1. The van der Waals surface area contributed by atoms with Crippen LogP contribution in [0.3, 0.4) is 0 Å². The lowest BCUT2D eigenvalue weighted by Crippen LogP contribution is -2.35. The second kappa shape index (κ2) is 8.51. The number of carbonyl (C=O) groups excluding carboxylic acids is 1. The molecule has 0 heterocycles. The molecule has 0 aromatic carbocycles. The maximum atomic E-state index is 11.8. The molecule has 0 aromatic rings. The maximum absolute atomic E-state index is 11.8. The minimum Gasteiger partial charge on any atom is -0.383 e. The van der Waals surface area contributed by atoms with Crippen LogP contribution in [0.4, 0.5) is 0 Å². The van der Waals surface area contributed by atoms with Crippen molar-refractivity contribution < 1.29 is 9.53 Å². The van der Waals surface area contributed by atoms with Gasteiger partial charge in [0.2, 0.25) is 5.91 Å². The quantitative estimate of drug-likeness (QED) is 0.696. The number of unbranched alkanes of at least 4 members (excludes halogenated alkanes) is 1. The zero-order valence-electron chi connectivity index (χ0n) is 11.3. The van der Waals surface area contributed by atoms with Gasteiger partial charge in [0.1, 0.15) is 0 Å². The van der Waals surface area contributed by atoms with Crippen molar-refractivity contribution >= 4 is 5.91 Å². The van der Waals surface area contributed by atoms with Crippen molar-refractivity contribution in [1.82, 2.24) is 5.32 Å². The Hall–Kier alpha value is -0.570. The van der Waals surface area contributed by atoms with Crippen LogP contribution in [-0.4, -0.2) is 26.2 Å². The molecule has 1 fully saturated rings. The Morgan fingerprint density at radius 2 is 2.00 bits per heavy atom. The molecule has 17 heavy (non-hydrogen) atoms. The first-order valence-corrected chi connectivity index (χ1v) is 7.04. The Balaban J connectivity index is 2.15. The molecule has 0 spiro atoms. The first-order valence-electron chi connectivity index (χ1n) is 7.04. The average molecular weight is 241 g/mol. The number of ether oxygens (including phenoxy) is 1. The van der Waals surface area contributed by atoms with Gasteiger partial charge in [-0.05, 0) is 31.6 Å². The van der Waals surface area contributed by atoms with E-state index in [1.54, 1.807) is 7.11 Å². The zero-order valence-corrected chi connectivity index (χ0v) is 11.3. The molecule has 0 saturated heterocycles. The molecule has 0 radical (unpaired) electrons. The summed E-state index contributed by atoms with van der Waals surface area (Å²) in [6.07, 6.45) is 8.62. The van der Waals surface area contributed by atoms with E-state index < -0.39 is 0 Å². The molecule has 1 saturated carbocycles. The normalized spacial score (nSPS) is 24.6. The number of carbonyl (C=O) groups is 1. The van der Waals surface area contributed by atoms with E-state index in [4.69, 9.17) is 4.74 Å². The first kappa shape index (κ1) is 14.5. The molecule has 0 aromatic heterocycles. The molecule has 1 rings (SSSR count). The van der Waals surface area contributed by atoms with Gasteiger partial charge in [-0.25, -0.2) is 0 Å². The predicted octanol–water partition coefficient (Wildman–Crippen LogP) is 2.75. The van der Waals surface area contributed by atoms with Gasteiger partial charge < -0.3 is 10.1 Å². The summed E-state index contributed by atoms with van der Waals surface area (Å²) in [7, 11) is 1.66. The van der Waals surface area contributed by atoms with Gasteiger partial charge in [-0.2, -0.15) is 0 Å². The maximum Gasteiger partial charge on any atom is 0.223 e. The van der Waals surface area contributed by atoms with Crippen molar-refractivity contribution in [2.75, 3.05) is 20.3 Å². The van der Waals surface area contributed by atoms with Crippen LogP contribution in [0, 0.1) is 11.8 Å². The molecule has 3 nitrogen and oxygen atoms in total. The summed E-state index contributed by atoms with van der Waals surface area (Å²) in [4.78, 5) is 11.8. The van der Waals surface area contributed by atoms with Gasteiger partial charge in [0.05, 0.1) is 6.61 Å². The third-order valence-corrected chi connectivity index (χ3v) is 3.79. The lowest BCUT2D eigenvalue weighted by atomic mass is 9.79. The second-order valence-corrected chi connectivity index (χ2v) is 5.14. The van der Waals surface area contributed by atoms with Crippen molar-refractivity contribution in [3.8, 4) is 0 Å². The fourth-order valence-electron chi connectivity index (χ4n) is 2.63. The van der Waals surface area contributed by atoms with Crippen molar-refractivity contribution in [2.45, 2.75) is 51.9 Å². The van der Waals surface area contributed by atoms with Crippen molar-refractivity contribution in [3.05, 3.63) is 0 Å². The van der Waals surface area contributed by atoms with Crippen LogP contribution in [0.5, 0.6) is 0 Å². The molecular formula is C14H27NO2. The minimum absolute atomic E-state index is 0.232. The molecular weight excluding hydrogens is 214 g/mol. The third-order valence-electron chi connectivity index (χ3n) is 3.79. The van der Waals surface area contributed by atoms with E-state index in [0.29, 0.717) is 13.2 Å². The SMILES string of the molecule is CCCCC1CCC(C(=O)NCCOC)CC1. The Morgan fingerprint density at radius 1 is 1.29 bits per heavy atom. The average Bonchev–Trinajstić information content (AvgIpc) is 2.37. The molecule has 100 valence electrons. The number of nitrogens with one attached hydrogen (secondary N) is 1. The van der Waals surface area contributed by atoms with Crippen molar-refractivity contribution in [2.24, 2.45) is 11.8 Å². The van der Waals surface area contributed by atoms with Gasteiger partial charge in [0.25, 0.3) is 0 Å². The Morgan fingerprint density at radius 3 is 2.59 bits per heavy atom. The predicted molar refractivity (Wildman–Crippen MR) is 69.9 cm³/mol. The smallest absolute Gasteiger partial charge is 0.223 e. The minimum atomic E-state index is 0.232. The fraction of sp³-hybridized carbons (Fsp3) is 0.929. The molecule has 3 heteroatoms. The molecule has 1 amide bonds. The Kier molecular flexibility index (Phi) is 7.25. The van der Waals surface area contributed by atoms with Gasteiger partial charge in [-0.3, -0.25) is 4.79 Å². The molecule has 1 N–H and O–H groups in total. The second-order valence-electron chi connectivity index (χ2n) is 5.14. The summed E-state index contributed by atoms with van der Waals surface area (Å²) in [5, 5.41) is 2.95. The lowest BCUT2D eigenvalue weighted by molar-refractivity contribution is -0.126. The number of amides is 1. The van der Waals surface area contributed by atoms with Crippen LogP contribution in [0.1, 0.15) is 51.9 Å². The summed E-state index contributed by atoms with van der Waals surface area (Å²) >= 11 is 0. The van der Waals surface area contributed by atoms with Crippen molar-refractivity contribution in [3.63, 3.8) is 0 Å². The highest BCUT2D eigenvalue weighted by molar-refractivity contribution is 5.78. The molecule has 1 aliphatic rings.